The molecular weight excluding hydrogens is 258 g/mol. The summed E-state index contributed by atoms with van der Waals surface area (Å²) in [6.07, 6.45) is 0.175. The molecule has 1 aromatic carbocycles. The monoisotopic (exact) mass is 279 g/mol. The highest BCUT2D eigenvalue weighted by Crippen LogP contribution is 2.22. The van der Waals surface area contributed by atoms with E-state index in [2.05, 4.69) is 0 Å². The number of carboxylic acids is 1. The Hall–Kier alpha value is -2.04. The first-order valence-corrected chi connectivity index (χ1v) is 6.64. The number of benzene rings is 1. The first-order valence-electron chi connectivity index (χ1n) is 6.64. The van der Waals surface area contributed by atoms with Crippen LogP contribution in [0.4, 0.5) is 5.69 Å². The second-order valence-corrected chi connectivity index (χ2v) is 4.59. The van der Waals surface area contributed by atoms with Gasteiger partial charge < -0.3 is 14.7 Å². The zero-order valence-corrected chi connectivity index (χ0v) is 12.2. The Morgan fingerprint density at radius 2 is 2.00 bits per heavy atom. The fourth-order valence-electron chi connectivity index (χ4n) is 1.99. The topological polar surface area (TPSA) is 66.8 Å². The summed E-state index contributed by atoms with van der Waals surface area (Å²) in [4.78, 5) is 24.1. The minimum Gasteiger partial charge on any atom is -0.480 e. The molecule has 0 aliphatic carbocycles. The first kappa shape index (κ1) is 16.0. The molecule has 20 heavy (non-hydrogen) atoms. The van der Waals surface area contributed by atoms with Crippen LogP contribution in [0.2, 0.25) is 0 Å². The third-order valence-electron chi connectivity index (χ3n) is 3.13. The molecule has 110 valence electrons. The number of carbonyl (C=O) groups excluding carboxylic acids is 1. The van der Waals surface area contributed by atoms with Gasteiger partial charge in [-0.2, -0.15) is 0 Å². The summed E-state index contributed by atoms with van der Waals surface area (Å²) in [6, 6.07) is 5.73. The number of carboxylic acid groups (broad SMARTS) is 1. The van der Waals surface area contributed by atoms with Gasteiger partial charge in [0.05, 0.1) is 13.0 Å². The molecule has 0 bridgehead atoms. The summed E-state index contributed by atoms with van der Waals surface area (Å²) in [5.74, 6) is -1.23. The smallest absolute Gasteiger partial charge is 0.323 e. The van der Waals surface area contributed by atoms with E-state index in [0.29, 0.717) is 13.2 Å². The summed E-state index contributed by atoms with van der Waals surface area (Å²) in [5, 5.41) is 9.02. The molecule has 0 unspecified atom stereocenters. The highest BCUT2D eigenvalue weighted by Gasteiger charge is 2.15. The number of aryl methyl sites for hydroxylation is 1. The molecule has 0 radical (unpaired) electrons. The van der Waals surface area contributed by atoms with E-state index in [-0.39, 0.29) is 18.9 Å². The molecule has 0 saturated carbocycles. The van der Waals surface area contributed by atoms with E-state index in [9.17, 15) is 9.59 Å². The molecule has 0 amide bonds. The first-order chi connectivity index (χ1) is 9.45. The van der Waals surface area contributed by atoms with Gasteiger partial charge in [0.25, 0.3) is 0 Å². The van der Waals surface area contributed by atoms with E-state index in [0.717, 1.165) is 16.8 Å². The van der Waals surface area contributed by atoms with Crippen LogP contribution in [-0.4, -0.2) is 36.7 Å². The van der Waals surface area contributed by atoms with Crippen molar-refractivity contribution in [3.8, 4) is 0 Å². The van der Waals surface area contributed by atoms with Crippen LogP contribution in [-0.2, 0) is 14.3 Å². The Bertz CT molecular complexity index is 485. The average Bonchev–Trinajstić information content (AvgIpc) is 2.38. The third kappa shape index (κ3) is 4.57. The van der Waals surface area contributed by atoms with E-state index in [1.54, 1.807) is 11.8 Å². The summed E-state index contributed by atoms with van der Waals surface area (Å²) in [5.41, 5.74) is 2.96. The van der Waals surface area contributed by atoms with Crippen LogP contribution >= 0.6 is 0 Å². The van der Waals surface area contributed by atoms with Crippen LogP contribution in [0.3, 0.4) is 0 Å². The van der Waals surface area contributed by atoms with E-state index >= 15 is 0 Å². The van der Waals surface area contributed by atoms with Gasteiger partial charge in [-0.25, -0.2) is 0 Å². The van der Waals surface area contributed by atoms with Gasteiger partial charge in [-0.05, 0) is 38.0 Å². The van der Waals surface area contributed by atoms with Gasteiger partial charge in [-0.3, -0.25) is 9.59 Å². The molecule has 1 N–H and O–H groups in total. The lowest BCUT2D eigenvalue weighted by Gasteiger charge is -2.25. The van der Waals surface area contributed by atoms with Crippen LogP contribution in [0.5, 0.6) is 0 Å². The third-order valence-corrected chi connectivity index (χ3v) is 3.13. The van der Waals surface area contributed by atoms with Crippen LogP contribution in [0.1, 0.15) is 24.5 Å². The molecule has 0 fully saturated rings. The molecule has 0 aliphatic heterocycles. The average molecular weight is 279 g/mol. The molecule has 1 aromatic rings. The zero-order chi connectivity index (χ0) is 15.1. The number of hydrogen-bond donors (Lipinski definition) is 1. The summed E-state index contributed by atoms with van der Waals surface area (Å²) in [6.45, 7) is 6.20. The summed E-state index contributed by atoms with van der Waals surface area (Å²) in [7, 11) is 0. The van der Waals surface area contributed by atoms with Gasteiger partial charge in [0.15, 0.2) is 0 Å². The molecule has 0 aromatic heterocycles. The highest BCUT2D eigenvalue weighted by molar-refractivity contribution is 5.76. The molecule has 5 nitrogen and oxygen atoms in total. The normalized spacial score (nSPS) is 10.2. The minimum absolute atomic E-state index is 0.135. The van der Waals surface area contributed by atoms with E-state index in [1.165, 1.54) is 0 Å². The molecule has 1 rings (SSSR count). The zero-order valence-electron chi connectivity index (χ0n) is 12.2. The quantitative estimate of drug-likeness (QED) is 0.775. The molecule has 5 heteroatoms. The lowest BCUT2D eigenvalue weighted by atomic mass is 10.1. The fraction of sp³-hybridized carbons (Fsp3) is 0.467. The Labute approximate surface area is 119 Å². The Morgan fingerprint density at radius 3 is 2.60 bits per heavy atom. The predicted molar refractivity (Wildman–Crippen MR) is 77.0 cm³/mol. The van der Waals surface area contributed by atoms with Crippen molar-refractivity contribution in [2.75, 3.05) is 24.6 Å². The highest BCUT2D eigenvalue weighted by atomic mass is 16.5. The maximum atomic E-state index is 11.4. The van der Waals surface area contributed by atoms with Gasteiger partial charge in [-0.15, -0.1) is 0 Å². The largest absolute Gasteiger partial charge is 0.480 e. The summed E-state index contributed by atoms with van der Waals surface area (Å²) < 4.78 is 4.87. The van der Waals surface area contributed by atoms with Crippen LogP contribution in [0.25, 0.3) is 0 Å². The van der Waals surface area contributed by atoms with Crippen molar-refractivity contribution in [3.05, 3.63) is 29.3 Å². The van der Waals surface area contributed by atoms with E-state index in [4.69, 9.17) is 9.84 Å². The van der Waals surface area contributed by atoms with Crippen LogP contribution in [0.15, 0.2) is 18.2 Å². The van der Waals surface area contributed by atoms with Crippen LogP contribution in [0, 0.1) is 13.8 Å². The maximum absolute atomic E-state index is 11.4. The van der Waals surface area contributed by atoms with Gasteiger partial charge in [-0.1, -0.05) is 12.1 Å². The number of carbonyl (C=O) groups is 2. The molecule has 0 atom stereocenters. The second-order valence-electron chi connectivity index (χ2n) is 4.59. The lowest BCUT2D eigenvalue weighted by molar-refractivity contribution is -0.143. The van der Waals surface area contributed by atoms with Crippen molar-refractivity contribution in [1.29, 1.82) is 0 Å². The van der Waals surface area contributed by atoms with Crippen molar-refractivity contribution in [1.82, 2.24) is 0 Å². The summed E-state index contributed by atoms with van der Waals surface area (Å²) >= 11 is 0. The lowest BCUT2D eigenvalue weighted by Crippen LogP contribution is -2.32. The number of nitrogens with zero attached hydrogens (tertiary/aromatic N) is 1. The predicted octanol–water partition coefficient (Wildman–Crippen LogP) is 2.15. The van der Waals surface area contributed by atoms with Crippen molar-refractivity contribution < 1.29 is 19.4 Å². The molecule has 0 spiro atoms. The van der Waals surface area contributed by atoms with Gasteiger partial charge in [0.1, 0.15) is 6.54 Å². The standard InChI is InChI=1S/C15H21NO4/c1-4-20-15(19)8-9-16(10-14(17)18)13-7-5-6-11(2)12(13)3/h5-7H,4,8-10H2,1-3H3,(H,17,18). The van der Waals surface area contributed by atoms with Crippen molar-refractivity contribution >= 4 is 17.6 Å². The van der Waals surface area contributed by atoms with E-state index in [1.807, 2.05) is 32.0 Å². The fourth-order valence-corrected chi connectivity index (χ4v) is 1.99. The maximum Gasteiger partial charge on any atom is 0.323 e. The number of hydrogen-bond acceptors (Lipinski definition) is 4. The second kappa shape index (κ2) is 7.53. The molecule has 0 aliphatic rings. The Morgan fingerprint density at radius 1 is 1.30 bits per heavy atom. The SMILES string of the molecule is CCOC(=O)CCN(CC(=O)O)c1cccc(C)c1C. The number of ether oxygens (including phenoxy) is 1. The Kier molecular flexibility index (Phi) is 6.03. The molecule has 0 heterocycles. The number of anilines is 1. The Balaban J connectivity index is 2.86. The van der Waals surface area contributed by atoms with E-state index < -0.39 is 5.97 Å². The number of rotatable bonds is 7. The van der Waals surface area contributed by atoms with Crippen molar-refractivity contribution in [2.45, 2.75) is 27.2 Å². The van der Waals surface area contributed by atoms with Gasteiger partial charge >= 0.3 is 11.9 Å². The van der Waals surface area contributed by atoms with Gasteiger partial charge in [0.2, 0.25) is 0 Å². The van der Waals surface area contributed by atoms with Gasteiger partial charge in [0, 0.05) is 12.2 Å². The number of aliphatic carboxylic acids is 1. The van der Waals surface area contributed by atoms with Crippen molar-refractivity contribution in [3.63, 3.8) is 0 Å². The van der Waals surface area contributed by atoms with Crippen LogP contribution < -0.4 is 4.90 Å². The molecule has 0 saturated heterocycles. The number of esters is 1. The minimum atomic E-state index is -0.922. The molecular formula is C15H21NO4. The van der Waals surface area contributed by atoms with Crippen molar-refractivity contribution in [2.24, 2.45) is 0 Å².